The lowest BCUT2D eigenvalue weighted by molar-refractivity contribution is 0.306. The SMILES string of the molecule is c1ccc(COc2ccc(CSC3=NC(c4ccccc4)C(c4ccccc4)N3)cc2)cc1. The molecule has 1 heterocycles. The first kappa shape index (κ1) is 21.4. The summed E-state index contributed by atoms with van der Waals surface area (Å²) >= 11 is 1.75. The summed E-state index contributed by atoms with van der Waals surface area (Å²) in [6, 6.07) is 39.9. The van der Waals surface area contributed by atoms with Crippen LogP contribution in [0.15, 0.2) is 120 Å². The molecule has 0 aromatic heterocycles. The van der Waals surface area contributed by atoms with Crippen LogP contribution < -0.4 is 10.1 Å². The monoisotopic (exact) mass is 450 g/mol. The number of thioether (sulfide) groups is 1. The van der Waals surface area contributed by atoms with E-state index in [2.05, 4.69) is 90.2 Å². The normalized spacial score (nSPS) is 17.3. The van der Waals surface area contributed by atoms with E-state index in [0.717, 1.165) is 16.7 Å². The van der Waals surface area contributed by atoms with E-state index in [1.165, 1.54) is 22.3 Å². The fourth-order valence-corrected chi connectivity index (χ4v) is 4.84. The summed E-state index contributed by atoms with van der Waals surface area (Å²) in [6.45, 7) is 0.581. The molecule has 33 heavy (non-hydrogen) atoms. The second-order valence-electron chi connectivity index (χ2n) is 8.03. The Kier molecular flexibility index (Phi) is 6.74. The quantitative estimate of drug-likeness (QED) is 0.331. The summed E-state index contributed by atoms with van der Waals surface area (Å²) in [4.78, 5) is 5.06. The van der Waals surface area contributed by atoms with E-state index in [1.807, 2.05) is 30.3 Å². The number of hydrogen-bond acceptors (Lipinski definition) is 4. The Hall–Kier alpha value is -3.50. The molecule has 2 atom stereocenters. The van der Waals surface area contributed by atoms with Crippen molar-refractivity contribution in [3.05, 3.63) is 138 Å². The van der Waals surface area contributed by atoms with E-state index < -0.39 is 0 Å². The molecule has 1 N–H and O–H groups in total. The summed E-state index contributed by atoms with van der Waals surface area (Å²) in [5.41, 5.74) is 4.90. The van der Waals surface area contributed by atoms with Gasteiger partial charge in [-0.1, -0.05) is 115 Å². The van der Waals surface area contributed by atoms with E-state index in [0.29, 0.717) is 6.61 Å². The molecule has 3 nitrogen and oxygen atoms in total. The molecule has 0 fully saturated rings. The molecule has 0 radical (unpaired) electrons. The van der Waals surface area contributed by atoms with Gasteiger partial charge < -0.3 is 10.1 Å². The fourth-order valence-electron chi connectivity index (χ4n) is 3.95. The van der Waals surface area contributed by atoms with Crippen LogP contribution in [0.2, 0.25) is 0 Å². The fraction of sp³-hybridized carbons (Fsp3) is 0.138. The molecule has 0 aliphatic carbocycles. The smallest absolute Gasteiger partial charge is 0.158 e. The van der Waals surface area contributed by atoms with Gasteiger partial charge in [0, 0.05) is 5.75 Å². The van der Waals surface area contributed by atoms with Crippen molar-refractivity contribution in [2.45, 2.75) is 24.4 Å². The maximum absolute atomic E-state index is 5.91. The second-order valence-corrected chi connectivity index (χ2v) is 8.99. The van der Waals surface area contributed by atoms with Crippen LogP contribution in [-0.4, -0.2) is 5.17 Å². The van der Waals surface area contributed by atoms with Crippen molar-refractivity contribution in [2.75, 3.05) is 0 Å². The first-order chi connectivity index (χ1) is 16.3. The van der Waals surface area contributed by atoms with Gasteiger partial charge in [-0.2, -0.15) is 0 Å². The molecule has 4 aromatic rings. The average molecular weight is 451 g/mol. The summed E-state index contributed by atoms with van der Waals surface area (Å²) in [7, 11) is 0. The Morgan fingerprint density at radius 2 is 1.27 bits per heavy atom. The van der Waals surface area contributed by atoms with E-state index in [1.54, 1.807) is 11.8 Å². The van der Waals surface area contributed by atoms with Gasteiger partial charge in [0.1, 0.15) is 18.4 Å². The predicted octanol–water partition coefficient (Wildman–Crippen LogP) is 6.94. The lowest BCUT2D eigenvalue weighted by Gasteiger charge is -2.19. The summed E-state index contributed by atoms with van der Waals surface area (Å²) in [5, 5.41) is 4.65. The third kappa shape index (κ3) is 5.47. The van der Waals surface area contributed by atoms with Crippen LogP contribution >= 0.6 is 11.8 Å². The molecule has 0 saturated carbocycles. The van der Waals surface area contributed by atoms with E-state index >= 15 is 0 Å². The van der Waals surface area contributed by atoms with Crippen LogP contribution in [0.1, 0.15) is 34.3 Å². The number of amidine groups is 1. The van der Waals surface area contributed by atoms with Crippen molar-refractivity contribution in [3.8, 4) is 5.75 Å². The minimum atomic E-state index is 0.0739. The van der Waals surface area contributed by atoms with E-state index in [9.17, 15) is 0 Å². The first-order valence-corrected chi connectivity index (χ1v) is 12.2. The van der Waals surface area contributed by atoms with Gasteiger partial charge in [0.25, 0.3) is 0 Å². The summed E-state index contributed by atoms with van der Waals surface area (Å²) in [5.74, 6) is 1.74. The number of hydrogen-bond donors (Lipinski definition) is 1. The van der Waals surface area contributed by atoms with Gasteiger partial charge >= 0.3 is 0 Å². The van der Waals surface area contributed by atoms with Crippen LogP contribution in [0.4, 0.5) is 0 Å². The third-order valence-corrected chi connectivity index (χ3v) is 6.67. The van der Waals surface area contributed by atoms with Crippen molar-refractivity contribution < 1.29 is 4.74 Å². The highest BCUT2D eigenvalue weighted by molar-refractivity contribution is 8.13. The highest BCUT2D eigenvalue weighted by atomic mass is 32.2. The third-order valence-electron chi connectivity index (χ3n) is 5.70. The minimum Gasteiger partial charge on any atom is -0.489 e. The van der Waals surface area contributed by atoms with E-state index in [4.69, 9.17) is 9.73 Å². The number of aliphatic imine (C=N–C) groups is 1. The molecular formula is C29H26N2OS. The zero-order valence-electron chi connectivity index (χ0n) is 18.3. The molecule has 4 heteroatoms. The molecule has 4 aromatic carbocycles. The number of rotatable bonds is 7. The lowest BCUT2D eigenvalue weighted by Crippen LogP contribution is -2.22. The highest BCUT2D eigenvalue weighted by Gasteiger charge is 2.31. The van der Waals surface area contributed by atoms with Crippen molar-refractivity contribution in [2.24, 2.45) is 4.99 Å². The van der Waals surface area contributed by atoms with Gasteiger partial charge in [-0.3, -0.25) is 4.99 Å². The maximum Gasteiger partial charge on any atom is 0.158 e. The van der Waals surface area contributed by atoms with Gasteiger partial charge in [0.15, 0.2) is 5.17 Å². The molecule has 0 saturated heterocycles. The molecule has 1 aliphatic rings. The number of benzene rings is 4. The molecule has 164 valence electrons. The molecule has 0 spiro atoms. The molecule has 0 amide bonds. The van der Waals surface area contributed by atoms with Crippen molar-refractivity contribution >= 4 is 16.9 Å². The highest BCUT2D eigenvalue weighted by Crippen LogP contribution is 2.38. The Balaban J connectivity index is 1.22. The standard InChI is InChI=1S/C29H26N2OS/c1-4-10-22(11-5-1)20-32-26-18-16-23(17-19-26)21-33-29-30-27(24-12-6-2-7-13-24)28(31-29)25-14-8-3-9-15-25/h1-19,27-28H,20-21H2,(H,30,31). The number of ether oxygens (including phenoxy) is 1. The summed E-state index contributed by atoms with van der Waals surface area (Å²) < 4.78 is 5.91. The Labute approximate surface area is 199 Å². The van der Waals surface area contributed by atoms with Crippen LogP contribution in [0.3, 0.4) is 0 Å². The van der Waals surface area contributed by atoms with Gasteiger partial charge in [0.2, 0.25) is 0 Å². The van der Waals surface area contributed by atoms with Gasteiger partial charge in [-0.05, 0) is 34.4 Å². The Morgan fingerprint density at radius 1 is 0.667 bits per heavy atom. The number of nitrogens with one attached hydrogen (secondary N) is 1. The molecular weight excluding hydrogens is 424 g/mol. The maximum atomic E-state index is 5.91. The van der Waals surface area contributed by atoms with Crippen LogP contribution in [0.5, 0.6) is 5.75 Å². The number of nitrogens with zero attached hydrogens (tertiary/aromatic N) is 1. The van der Waals surface area contributed by atoms with Gasteiger partial charge in [0.05, 0.1) is 6.04 Å². The minimum absolute atomic E-state index is 0.0739. The van der Waals surface area contributed by atoms with Gasteiger partial charge in [-0.15, -0.1) is 0 Å². The van der Waals surface area contributed by atoms with Gasteiger partial charge in [-0.25, -0.2) is 0 Å². The zero-order chi connectivity index (χ0) is 22.3. The first-order valence-electron chi connectivity index (χ1n) is 11.2. The van der Waals surface area contributed by atoms with Crippen molar-refractivity contribution in [1.82, 2.24) is 5.32 Å². The van der Waals surface area contributed by atoms with Crippen LogP contribution in [-0.2, 0) is 12.4 Å². The van der Waals surface area contributed by atoms with Crippen molar-refractivity contribution in [3.63, 3.8) is 0 Å². The molecule has 5 rings (SSSR count). The Bertz CT molecular complexity index is 1180. The van der Waals surface area contributed by atoms with Crippen molar-refractivity contribution in [1.29, 1.82) is 0 Å². The van der Waals surface area contributed by atoms with Crippen LogP contribution in [0.25, 0.3) is 0 Å². The average Bonchev–Trinajstić information content (AvgIpc) is 3.33. The lowest BCUT2D eigenvalue weighted by atomic mass is 9.95. The topological polar surface area (TPSA) is 33.6 Å². The summed E-state index contributed by atoms with van der Waals surface area (Å²) in [6.07, 6.45) is 0. The predicted molar refractivity (Wildman–Crippen MR) is 137 cm³/mol. The molecule has 1 aliphatic heterocycles. The van der Waals surface area contributed by atoms with E-state index in [-0.39, 0.29) is 12.1 Å². The van der Waals surface area contributed by atoms with Crippen LogP contribution in [0, 0.1) is 0 Å². The second kappa shape index (κ2) is 10.4. The largest absolute Gasteiger partial charge is 0.489 e. The molecule has 2 unspecified atom stereocenters. The Morgan fingerprint density at radius 3 is 1.94 bits per heavy atom. The zero-order valence-corrected chi connectivity index (χ0v) is 19.1. The molecule has 0 bridgehead atoms.